The molecule has 2 aromatic carbocycles. The van der Waals surface area contributed by atoms with E-state index in [2.05, 4.69) is 15.6 Å². The van der Waals surface area contributed by atoms with Crippen molar-refractivity contribution < 1.29 is 10.0 Å². The van der Waals surface area contributed by atoms with Gasteiger partial charge in [0.05, 0.1) is 16.8 Å². The zero-order valence-corrected chi connectivity index (χ0v) is 13.3. The zero-order chi connectivity index (χ0) is 17.8. The average molecular weight is 337 g/mol. The summed E-state index contributed by atoms with van der Waals surface area (Å²) in [7, 11) is 0. The van der Waals surface area contributed by atoms with Crippen molar-refractivity contribution in [2.45, 2.75) is 6.92 Å². The molecule has 0 aliphatic rings. The Morgan fingerprint density at radius 3 is 2.52 bits per heavy atom. The second kappa shape index (κ2) is 6.83. The first kappa shape index (κ1) is 16.2. The Hall–Kier alpha value is -3.68. The van der Waals surface area contributed by atoms with Crippen LogP contribution in [0.5, 0.6) is 5.75 Å². The predicted octanol–water partition coefficient (Wildman–Crippen LogP) is 3.24. The number of hydrogen-bond acceptors (Lipinski definition) is 6. The molecule has 0 bridgehead atoms. The smallest absolute Gasteiger partial charge is 0.335 e. The standard InChI is InChI=1S/C17H15N5O3/c1-12-16(22(24)25)17(21(20-12)14-5-3-2-4-6-14)19-18-11-13-7-9-15(23)10-8-13/h2-11,19,23H,1H3/b18-11+. The fraction of sp³-hybridized carbons (Fsp3) is 0.0588. The summed E-state index contributed by atoms with van der Waals surface area (Å²) in [4.78, 5) is 10.9. The van der Waals surface area contributed by atoms with Crippen LogP contribution in [0.3, 0.4) is 0 Å². The normalized spacial score (nSPS) is 10.9. The lowest BCUT2D eigenvalue weighted by atomic mass is 10.2. The number of aryl methyl sites for hydroxylation is 1. The van der Waals surface area contributed by atoms with Crippen LogP contribution < -0.4 is 5.43 Å². The van der Waals surface area contributed by atoms with Gasteiger partial charge in [0, 0.05) is 0 Å². The number of benzene rings is 2. The molecular formula is C17H15N5O3. The third kappa shape index (κ3) is 3.47. The molecule has 0 aliphatic carbocycles. The Bertz CT molecular complexity index is 917. The Kier molecular flexibility index (Phi) is 4.42. The number of hydrogen-bond donors (Lipinski definition) is 2. The molecule has 8 nitrogen and oxygen atoms in total. The van der Waals surface area contributed by atoms with E-state index in [9.17, 15) is 15.2 Å². The van der Waals surface area contributed by atoms with E-state index in [1.165, 1.54) is 23.0 Å². The first-order chi connectivity index (χ1) is 12.1. The van der Waals surface area contributed by atoms with Crippen LogP contribution in [-0.4, -0.2) is 26.0 Å². The number of para-hydroxylation sites is 1. The van der Waals surface area contributed by atoms with Gasteiger partial charge < -0.3 is 5.11 Å². The molecule has 0 amide bonds. The minimum absolute atomic E-state index is 0.133. The SMILES string of the molecule is Cc1nn(-c2ccccc2)c(N/N=C/c2ccc(O)cc2)c1[N+](=O)[O-]. The van der Waals surface area contributed by atoms with E-state index >= 15 is 0 Å². The summed E-state index contributed by atoms with van der Waals surface area (Å²) in [5, 5.41) is 29.0. The van der Waals surface area contributed by atoms with Crippen LogP contribution in [-0.2, 0) is 0 Å². The first-order valence-corrected chi connectivity index (χ1v) is 7.44. The van der Waals surface area contributed by atoms with Crippen LogP contribution in [0.4, 0.5) is 11.5 Å². The summed E-state index contributed by atoms with van der Waals surface area (Å²) in [5.41, 5.74) is 4.28. The summed E-state index contributed by atoms with van der Waals surface area (Å²) in [5.74, 6) is 0.322. The lowest BCUT2D eigenvalue weighted by molar-refractivity contribution is -0.384. The van der Waals surface area contributed by atoms with E-state index in [1.807, 2.05) is 18.2 Å². The summed E-state index contributed by atoms with van der Waals surface area (Å²) in [6.07, 6.45) is 1.50. The number of phenolic OH excluding ortho intramolecular Hbond substituents is 1. The van der Waals surface area contributed by atoms with Gasteiger partial charge in [-0.15, -0.1) is 0 Å². The quantitative estimate of drug-likeness (QED) is 0.422. The Morgan fingerprint density at radius 1 is 1.20 bits per heavy atom. The second-order valence-electron chi connectivity index (χ2n) is 5.25. The van der Waals surface area contributed by atoms with Gasteiger partial charge in [-0.1, -0.05) is 18.2 Å². The van der Waals surface area contributed by atoms with Crippen LogP contribution in [0.15, 0.2) is 59.7 Å². The van der Waals surface area contributed by atoms with E-state index in [-0.39, 0.29) is 22.9 Å². The van der Waals surface area contributed by atoms with Crippen molar-refractivity contribution >= 4 is 17.7 Å². The number of aromatic hydroxyl groups is 1. The van der Waals surface area contributed by atoms with Gasteiger partial charge in [0.15, 0.2) is 0 Å². The molecular weight excluding hydrogens is 322 g/mol. The number of hydrazone groups is 1. The Labute approximate surface area is 143 Å². The maximum atomic E-state index is 11.4. The van der Waals surface area contributed by atoms with Crippen LogP contribution in [0.2, 0.25) is 0 Å². The van der Waals surface area contributed by atoms with Gasteiger partial charge in [-0.3, -0.25) is 15.5 Å². The van der Waals surface area contributed by atoms with Gasteiger partial charge in [0.25, 0.3) is 0 Å². The zero-order valence-electron chi connectivity index (χ0n) is 13.3. The van der Waals surface area contributed by atoms with Crippen molar-refractivity contribution in [3.8, 4) is 11.4 Å². The monoisotopic (exact) mass is 337 g/mol. The third-order valence-corrected chi connectivity index (χ3v) is 3.49. The number of nitro groups is 1. The molecule has 0 atom stereocenters. The molecule has 126 valence electrons. The fourth-order valence-corrected chi connectivity index (χ4v) is 2.32. The number of rotatable bonds is 5. The highest BCUT2D eigenvalue weighted by Crippen LogP contribution is 2.30. The lowest BCUT2D eigenvalue weighted by Gasteiger charge is -2.05. The van der Waals surface area contributed by atoms with Crippen molar-refractivity contribution in [1.29, 1.82) is 0 Å². The van der Waals surface area contributed by atoms with E-state index in [0.29, 0.717) is 5.69 Å². The topological polar surface area (TPSA) is 106 Å². The molecule has 8 heteroatoms. The highest BCUT2D eigenvalue weighted by atomic mass is 16.6. The number of aromatic nitrogens is 2. The summed E-state index contributed by atoms with van der Waals surface area (Å²) in [6.45, 7) is 1.58. The summed E-state index contributed by atoms with van der Waals surface area (Å²) in [6, 6.07) is 15.5. The van der Waals surface area contributed by atoms with Gasteiger partial charge in [0.1, 0.15) is 11.4 Å². The van der Waals surface area contributed by atoms with Crippen LogP contribution in [0.25, 0.3) is 5.69 Å². The molecule has 0 saturated carbocycles. The van der Waals surface area contributed by atoms with Crippen LogP contribution in [0.1, 0.15) is 11.3 Å². The minimum atomic E-state index is -0.486. The summed E-state index contributed by atoms with van der Waals surface area (Å²) >= 11 is 0. The minimum Gasteiger partial charge on any atom is -0.508 e. The number of nitrogens with one attached hydrogen (secondary N) is 1. The molecule has 3 aromatic rings. The molecule has 0 unspecified atom stereocenters. The van der Waals surface area contributed by atoms with Gasteiger partial charge >= 0.3 is 5.69 Å². The Balaban J connectivity index is 1.96. The highest BCUT2D eigenvalue weighted by molar-refractivity contribution is 5.80. The van der Waals surface area contributed by atoms with Gasteiger partial charge in [-0.25, -0.2) is 4.68 Å². The fourth-order valence-electron chi connectivity index (χ4n) is 2.32. The third-order valence-electron chi connectivity index (χ3n) is 3.49. The molecule has 1 aromatic heterocycles. The largest absolute Gasteiger partial charge is 0.508 e. The molecule has 0 radical (unpaired) electrons. The maximum Gasteiger partial charge on any atom is 0.335 e. The maximum absolute atomic E-state index is 11.4. The van der Waals surface area contributed by atoms with Crippen molar-refractivity contribution in [3.05, 3.63) is 76.0 Å². The molecule has 0 fully saturated rings. The Morgan fingerprint density at radius 2 is 1.88 bits per heavy atom. The van der Waals surface area contributed by atoms with Crippen LogP contribution >= 0.6 is 0 Å². The molecule has 0 spiro atoms. The predicted molar refractivity (Wildman–Crippen MR) is 94.3 cm³/mol. The van der Waals surface area contributed by atoms with Gasteiger partial charge in [0.2, 0.25) is 5.82 Å². The second-order valence-corrected chi connectivity index (χ2v) is 5.25. The number of phenols is 1. The van der Waals surface area contributed by atoms with Gasteiger partial charge in [-0.2, -0.15) is 10.2 Å². The van der Waals surface area contributed by atoms with Gasteiger partial charge in [-0.05, 0) is 48.9 Å². The van der Waals surface area contributed by atoms with E-state index < -0.39 is 4.92 Å². The molecule has 0 saturated heterocycles. The molecule has 2 N–H and O–H groups in total. The molecule has 1 heterocycles. The number of nitrogens with zero attached hydrogens (tertiary/aromatic N) is 4. The highest BCUT2D eigenvalue weighted by Gasteiger charge is 2.25. The van der Waals surface area contributed by atoms with Crippen LogP contribution in [0, 0.1) is 17.0 Å². The van der Waals surface area contributed by atoms with Crippen molar-refractivity contribution in [2.75, 3.05) is 5.43 Å². The molecule has 3 rings (SSSR count). The number of anilines is 1. The first-order valence-electron chi connectivity index (χ1n) is 7.44. The van der Waals surface area contributed by atoms with Crippen molar-refractivity contribution in [1.82, 2.24) is 9.78 Å². The van der Waals surface area contributed by atoms with Crippen molar-refractivity contribution in [3.63, 3.8) is 0 Å². The van der Waals surface area contributed by atoms with Crippen molar-refractivity contribution in [2.24, 2.45) is 5.10 Å². The van der Waals surface area contributed by atoms with E-state index in [4.69, 9.17) is 0 Å². The molecule has 0 aliphatic heterocycles. The average Bonchev–Trinajstić information content (AvgIpc) is 2.94. The summed E-state index contributed by atoms with van der Waals surface area (Å²) < 4.78 is 1.45. The van der Waals surface area contributed by atoms with E-state index in [1.54, 1.807) is 31.2 Å². The van der Waals surface area contributed by atoms with E-state index in [0.717, 1.165) is 5.56 Å². The lowest BCUT2D eigenvalue weighted by Crippen LogP contribution is -2.03. The molecule has 25 heavy (non-hydrogen) atoms.